The molecule has 0 radical (unpaired) electrons. The number of alkyl halides is 1. The Hall–Kier alpha value is -2.10. The van der Waals surface area contributed by atoms with Crippen molar-refractivity contribution in [2.75, 3.05) is 12.4 Å². The average Bonchev–Trinajstić information content (AvgIpc) is 2.59. The zero-order valence-corrected chi connectivity index (χ0v) is 14.6. The van der Waals surface area contributed by atoms with E-state index in [-0.39, 0.29) is 10.6 Å². The molecular formula is C16H16FNO5S2. The molecule has 0 aliphatic heterocycles. The van der Waals surface area contributed by atoms with E-state index in [2.05, 4.69) is 0 Å². The average molecular weight is 385 g/mol. The molecule has 0 bridgehead atoms. The Bertz CT molecular complexity index is 797. The highest BCUT2D eigenvalue weighted by molar-refractivity contribution is 7.99. The quantitative estimate of drug-likeness (QED) is 0.509. The number of rotatable bonds is 9. The molecule has 0 aliphatic carbocycles. The summed E-state index contributed by atoms with van der Waals surface area (Å²) in [5, 5.41) is 8.52. The number of carbonyl (C=O) groups is 1. The molecule has 134 valence electrons. The number of halogens is 1. The van der Waals surface area contributed by atoms with Crippen LogP contribution in [0.3, 0.4) is 0 Å². The smallest absolute Gasteiger partial charge is 0.341 e. The fourth-order valence-corrected chi connectivity index (χ4v) is 3.74. The summed E-state index contributed by atoms with van der Waals surface area (Å²) in [5.74, 6) is -0.806. The van der Waals surface area contributed by atoms with Crippen molar-refractivity contribution in [2.24, 2.45) is 0 Å². The summed E-state index contributed by atoms with van der Waals surface area (Å²) >= 11 is 1.12. The van der Waals surface area contributed by atoms with Crippen molar-refractivity contribution in [3.8, 4) is 5.75 Å². The van der Waals surface area contributed by atoms with Gasteiger partial charge in [0.2, 0.25) is 10.0 Å². The summed E-state index contributed by atoms with van der Waals surface area (Å²) in [6.45, 7) is -0.444. The molecule has 9 heteroatoms. The van der Waals surface area contributed by atoms with Gasteiger partial charge in [0, 0.05) is 10.6 Å². The van der Waals surface area contributed by atoms with Gasteiger partial charge in [-0.3, -0.25) is 0 Å². The highest BCUT2D eigenvalue weighted by atomic mass is 32.2. The normalized spacial score (nSPS) is 12.5. The van der Waals surface area contributed by atoms with Gasteiger partial charge in [0.15, 0.2) is 12.9 Å². The predicted molar refractivity (Wildman–Crippen MR) is 92.0 cm³/mol. The van der Waals surface area contributed by atoms with E-state index in [0.29, 0.717) is 10.6 Å². The first kappa shape index (κ1) is 19.2. The highest BCUT2D eigenvalue weighted by Gasteiger charge is 2.19. The van der Waals surface area contributed by atoms with Gasteiger partial charge in [0.1, 0.15) is 5.75 Å². The second kappa shape index (κ2) is 8.84. The van der Waals surface area contributed by atoms with Gasteiger partial charge in [0.05, 0.1) is 4.90 Å². The minimum absolute atomic E-state index is 0.00239. The number of carboxylic acids is 1. The van der Waals surface area contributed by atoms with Gasteiger partial charge >= 0.3 is 5.97 Å². The van der Waals surface area contributed by atoms with Crippen LogP contribution in [0.15, 0.2) is 64.4 Å². The van der Waals surface area contributed by atoms with Gasteiger partial charge in [-0.2, -0.15) is 4.72 Å². The Balaban J connectivity index is 1.85. The summed E-state index contributed by atoms with van der Waals surface area (Å²) < 4.78 is 44.9. The summed E-state index contributed by atoms with van der Waals surface area (Å²) in [6, 6.07) is 14.0. The van der Waals surface area contributed by atoms with E-state index in [0.717, 1.165) is 11.8 Å². The number of carboxylic acid groups (broad SMARTS) is 1. The molecule has 0 aromatic heterocycles. The molecule has 6 nitrogen and oxygen atoms in total. The van der Waals surface area contributed by atoms with Gasteiger partial charge in [0.25, 0.3) is 0 Å². The van der Waals surface area contributed by atoms with Crippen molar-refractivity contribution in [3.63, 3.8) is 0 Å². The number of sulfonamides is 1. The first-order chi connectivity index (χ1) is 11.9. The number of ether oxygens (including phenoxy) is 1. The van der Waals surface area contributed by atoms with Crippen molar-refractivity contribution in [1.29, 1.82) is 0 Å². The molecule has 0 spiro atoms. The Labute approximate surface area is 149 Å². The van der Waals surface area contributed by atoms with Crippen LogP contribution in [-0.2, 0) is 14.8 Å². The number of benzene rings is 2. The molecular weight excluding hydrogens is 369 g/mol. The van der Waals surface area contributed by atoms with Crippen LogP contribution in [0.2, 0.25) is 0 Å². The van der Waals surface area contributed by atoms with Crippen LogP contribution in [0.4, 0.5) is 4.39 Å². The largest absolute Gasteiger partial charge is 0.482 e. The van der Waals surface area contributed by atoms with Crippen LogP contribution < -0.4 is 9.46 Å². The summed E-state index contributed by atoms with van der Waals surface area (Å²) in [6.07, 6.45) is -1.75. The van der Waals surface area contributed by atoms with Crippen molar-refractivity contribution in [1.82, 2.24) is 4.72 Å². The zero-order chi connectivity index (χ0) is 18.3. The lowest BCUT2D eigenvalue weighted by Crippen LogP contribution is -2.33. The third kappa shape index (κ3) is 6.37. The predicted octanol–water partition coefficient (Wildman–Crippen LogP) is 2.52. The molecule has 25 heavy (non-hydrogen) atoms. The molecule has 2 aromatic carbocycles. The fourth-order valence-electron chi connectivity index (χ4n) is 1.82. The Kier molecular flexibility index (Phi) is 6.80. The topological polar surface area (TPSA) is 92.7 Å². The van der Waals surface area contributed by atoms with Crippen LogP contribution in [0.25, 0.3) is 0 Å². The van der Waals surface area contributed by atoms with E-state index < -0.39 is 28.9 Å². The Morgan fingerprint density at radius 3 is 2.40 bits per heavy atom. The maximum atomic E-state index is 14.0. The molecule has 0 aliphatic rings. The number of aliphatic carboxylic acids is 1. The van der Waals surface area contributed by atoms with Crippen LogP contribution in [-0.4, -0.2) is 38.1 Å². The van der Waals surface area contributed by atoms with Gasteiger partial charge in [-0.25, -0.2) is 17.6 Å². The first-order valence-electron chi connectivity index (χ1n) is 7.16. The number of thioether (sulfide) groups is 1. The molecule has 0 saturated heterocycles. The maximum Gasteiger partial charge on any atom is 0.341 e. The molecule has 2 N–H and O–H groups in total. The van der Waals surface area contributed by atoms with Crippen molar-refractivity contribution >= 4 is 27.8 Å². The van der Waals surface area contributed by atoms with E-state index in [1.165, 1.54) is 12.1 Å². The SMILES string of the molecule is O=C(O)COc1ccc(SCC(F)NS(=O)(=O)c2ccccc2)cc1. The Morgan fingerprint density at radius 1 is 1.16 bits per heavy atom. The molecule has 0 heterocycles. The van der Waals surface area contributed by atoms with E-state index in [1.54, 1.807) is 42.5 Å². The standard InChI is InChI=1S/C16H16FNO5S2/c17-15(18-25(21,22)14-4-2-1-3-5-14)11-24-13-8-6-12(7-9-13)23-10-16(19)20/h1-9,15,18H,10-11H2,(H,19,20). The van der Waals surface area contributed by atoms with E-state index in [4.69, 9.17) is 9.84 Å². The van der Waals surface area contributed by atoms with Crippen LogP contribution in [0.5, 0.6) is 5.75 Å². The first-order valence-corrected chi connectivity index (χ1v) is 9.62. The lowest BCUT2D eigenvalue weighted by atomic mass is 10.3. The van der Waals surface area contributed by atoms with Crippen LogP contribution in [0.1, 0.15) is 0 Å². The third-order valence-electron chi connectivity index (χ3n) is 2.92. The van der Waals surface area contributed by atoms with Gasteiger partial charge in [-0.05, 0) is 36.4 Å². The number of hydrogen-bond donors (Lipinski definition) is 2. The van der Waals surface area contributed by atoms with Gasteiger partial charge < -0.3 is 9.84 Å². The van der Waals surface area contributed by atoms with Crippen LogP contribution >= 0.6 is 11.8 Å². The van der Waals surface area contributed by atoms with E-state index in [1.807, 2.05) is 4.72 Å². The van der Waals surface area contributed by atoms with Gasteiger partial charge in [-0.15, -0.1) is 11.8 Å². The molecule has 2 aromatic rings. The fraction of sp³-hybridized carbons (Fsp3) is 0.188. The lowest BCUT2D eigenvalue weighted by molar-refractivity contribution is -0.139. The summed E-state index contributed by atoms with van der Waals surface area (Å²) in [5.41, 5.74) is 0. The molecule has 0 amide bonds. The molecule has 0 saturated carbocycles. The van der Waals surface area contributed by atoms with Gasteiger partial charge in [-0.1, -0.05) is 18.2 Å². The van der Waals surface area contributed by atoms with E-state index >= 15 is 0 Å². The molecule has 1 atom stereocenters. The van der Waals surface area contributed by atoms with Crippen molar-refractivity contribution in [3.05, 3.63) is 54.6 Å². The van der Waals surface area contributed by atoms with Crippen molar-refractivity contribution in [2.45, 2.75) is 16.1 Å². The third-order valence-corrected chi connectivity index (χ3v) is 5.44. The number of nitrogens with one attached hydrogen (secondary N) is 1. The van der Waals surface area contributed by atoms with Crippen LogP contribution in [0, 0.1) is 0 Å². The Morgan fingerprint density at radius 2 is 1.80 bits per heavy atom. The second-order valence-corrected chi connectivity index (χ2v) is 7.67. The second-order valence-electron chi connectivity index (χ2n) is 4.87. The van der Waals surface area contributed by atoms with E-state index in [9.17, 15) is 17.6 Å². The minimum atomic E-state index is -3.90. The molecule has 2 rings (SSSR count). The lowest BCUT2D eigenvalue weighted by Gasteiger charge is -2.11. The number of hydrogen-bond acceptors (Lipinski definition) is 5. The highest BCUT2D eigenvalue weighted by Crippen LogP contribution is 2.23. The zero-order valence-electron chi connectivity index (χ0n) is 13.0. The minimum Gasteiger partial charge on any atom is -0.482 e. The molecule has 1 unspecified atom stereocenters. The monoisotopic (exact) mass is 385 g/mol. The summed E-state index contributed by atoms with van der Waals surface area (Å²) in [4.78, 5) is 11.1. The van der Waals surface area contributed by atoms with Crippen molar-refractivity contribution < 1.29 is 27.4 Å². The maximum absolute atomic E-state index is 14.0. The summed E-state index contributed by atoms with van der Waals surface area (Å²) in [7, 11) is -3.90. The molecule has 0 fully saturated rings.